The van der Waals surface area contributed by atoms with E-state index in [0.717, 1.165) is 11.1 Å². The van der Waals surface area contributed by atoms with Crippen LogP contribution in [0.3, 0.4) is 0 Å². The summed E-state index contributed by atoms with van der Waals surface area (Å²) >= 11 is 1.54. The van der Waals surface area contributed by atoms with Crippen LogP contribution in [0.15, 0.2) is 39.8 Å². The van der Waals surface area contributed by atoms with Crippen molar-refractivity contribution in [2.24, 2.45) is 0 Å². The van der Waals surface area contributed by atoms with Gasteiger partial charge in [-0.2, -0.15) is 11.3 Å². The van der Waals surface area contributed by atoms with E-state index >= 15 is 0 Å². The first kappa shape index (κ1) is 8.26. The van der Waals surface area contributed by atoms with E-state index in [1.807, 2.05) is 22.9 Å². The lowest BCUT2D eigenvalue weighted by atomic mass is 10.1. The second kappa shape index (κ2) is 3.58. The Balaban J connectivity index is 2.08. The van der Waals surface area contributed by atoms with Crippen molar-refractivity contribution >= 4 is 17.1 Å². The minimum Gasteiger partial charge on any atom is -0.472 e. The van der Waals surface area contributed by atoms with E-state index in [-0.39, 0.29) is 5.78 Å². The summed E-state index contributed by atoms with van der Waals surface area (Å²) in [6.07, 6.45) is 3.60. The second-order valence-corrected chi connectivity index (χ2v) is 3.52. The van der Waals surface area contributed by atoms with Crippen molar-refractivity contribution in [2.45, 2.75) is 6.42 Å². The number of furan rings is 1. The first-order valence-electron chi connectivity index (χ1n) is 3.93. The molecule has 0 radical (unpaired) electrons. The lowest BCUT2D eigenvalue weighted by Crippen LogP contribution is -2.00. The smallest absolute Gasteiger partial charge is 0.168 e. The molecular formula is C10H8O2S. The van der Waals surface area contributed by atoms with Crippen LogP contribution in [0.1, 0.15) is 15.9 Å². The molecule has 3 heteroatoms. The Morgan fingerprint density at radius 2 is 2.38 bits per heavy atom. The van der Waals surface area contributed by atoms with Crippen LogP contribution in [-0.4, -0.2) is 5.78 Å². The zero-order valence-electron chi connectivity index (χ0n) is 6.90. The quantitative estimate of drug-likeness (QED) is 0.700. The minimum absolute atomic E-state index is 0.141. The van der Waals surface area contributed by atoms with Crippen LogP contribution in [0, 0.1) is 0 Å². The highest BCUT2D eigenvalue weighted by atomic mass is 32.1. The highest BCUT2D eigenvalue weighted by Gasteiger charge is 2.07. The number of carbonyl (C=O) groups excluding carboxylic acids is 1. The zero-order chi connectivity index (χ0) is 9.10. The summed E-state index contributed by atoms with van der Waals surface area (Å²) in [5, 5.41) is 3.77. The van der Waals surface area contributed by atoms with E-state index in [0.29, 0.717) is 6.42 Å². The van der Waals surface area contributed by atoms with Crippen LogP contribution in [-0.2, 0) is 6.42 Å². The Morgan fingerprint density at radius 3 is 3.00 bits per heavy atom. The number of hydrogen-bond acceptors (Lipinski definition) is 3. The summed E-state index contributed by atoms with van der Waals surface area (Å²) in [6.45, 7) is 0. The van der Waals surface area contributed by atoms with Crippen LogP contribution < -0.4 is 0 Å². The monoisotopic (exact) mass is 192 g/mol. The van der Waals surface area contributed by atoms with Gasteiger partial charge >= 0.3 is 0 Å². The lowest BCUT2D eigenvalue weighted by Gasteiger charge is -1.93. The van der Waals surface area contributed by atoms with Crippen molar-refractivity contribution in [3.05, 3.63) is 46.5 Å². The molecule has 0 unspecified atom stereocenters. The van der Waals surface area contributed by atoms with Gasteiger partial charge in [-0.05, 0) is 23.1 Å². The molecule has 0 aliphatic rings. The largest absolute Gasteiger partial charge is 0.472 e. The molecule has 0 amide bonds. The van der Waals surface area contributed by atoms with E-state index in [9.17, 15) is 4.79 Å². The average molecular weight is 192 g/mol. The topological polar surface area (TPSA) is 30.2 Å². The molecule has 2 nitrogen and oxygen atoms in total. The second-order valence-electron chi connectivity index (χ2n) is 2.74. The molecule has 2 aromatic heterocycles. The molecule has 0 aliphatic carbocycles. The van der Waals surface area contributed by atoms with Crippen molar-refractivity contribution in [3.8, 4) is 0 Å². The first-order valence-corrected chi connectivity index (χ1v) is 4.87. The molecule has 0 aliphatic heterocycles. The minimum atomic E-state index is 0.141. The zero-order valence-corrected chi connectivity index (χ0v) is 7.71. The molecule has 0 spiro atoms. The molecule has 0 N–H and O–H groups in total. The third kappa shape index (κ3) is 1.87. The van der Waals surface area contributed by atoms with E-state index < -0.39 is 0 Å². The fourth-order valence-electron chi connectivity index (χ4n) is 1.10. The normalized spacial score (nSPS) is 10.2. The fourth-order valence-corrected chi connectivity index (χ4v) is 1.76. The molecule has 0 atom stereocenters. The third-order valence-corrected chi connectivity index (χ3v) is 2.47. The number of carbonyl (C=O) groups is 1. The van der Waals surface area contributed by atoms with Gasteiger partial charge in [-0.1, -0.05) is 0 Å². The average Bonchev–Trinajstić information content (AvgIpc) is 2.74. The van der Waals surface area contributed by atoms with E-state index in [1.54, 1.807) is 12.5 Å². The van der Waals surface area contributed by atoms with Gasteiger partial charge in [-0.3, -0.25) is 4.79 Å². The predicted octanol–water partition coefficient (Wildman–Crippen LogP) is 2.77. The van der Waals surface area contributed by atoms with Crippen LogP contribution in [0.25, 0.3) is 0 Å². The summed E-state index contributed by atoms with van der Waals surface area (Å²) in [5.41, 5.74) is 1.71. The van der Waals surface area contributed by atoms with Crippen LogP contribution in [0.5, 0.6) is 0 Å². The van der Waals surface area contributed by atoms with Crippen LogP contribution >= 0.6 is 11.3 Å². The molecule has 2 aromatic rings. The summed E-state index contributed by atoms with van der Waals surface area (Å²) < 4.78 is 4.88. The Bertz CT molecular complexity index is 373. The third-order valence-electron chi connectivity index (χ3n) is 1.79. The molecule has 0 fully saturated rings. The van der Waals surface area contributed by atoms with Crippen LogP contribution in [0.4, 0.5) is 0 Å². The number of Topliss-reactive ketones (excluding diaryl/α,β-unsaturated/α-hetero) is 1. The standard InChI is InChI=1S/C10H8O2S/c11-10(9-2-4-13-7-9)5-8-1-3-12-6-8/h1-4,6-7H,5H2. The maximum atomic E-state index is 11.5. The van der Waals surface area contributed by atoms with Gasteiger partial charge in [0.1, 0.15) is 0 Å². The molecule has 0 saturated heterocycles. The highest BCUT2D eigenvalue weighted by Crippen LogP contribution is 2.10. The van der Waals surface area contributed by atoms with Gasteiger partial charge in [0.2, 0.25) is 0 Å². The molecular weight excluding hydrogens is 184 g/mol. The van der Waals surface area contributed by atoms with Crippen molar-refractivity contribution in [3.63, 3.8) is 0 Å². The Kier molecular flexibility index (Phi) is 2.27. The summed E-state index contributed by atoms with van der Waals surface area (Å²) in [6, 6.07) is 3.65. The Labute approximate surface area is 79.8 Å². The maximum absolute atomic E-state index is 11.5. The van der Waals surface area contributed by atoms with Gasteiger partial charge in [0, 0.05) is 17.4 Å². The van der Waals surface area contributed by atoms with E-state index in [1.165, 1.54) is 11.3 Å². The Hall–Kier alpha value is -1.35. The van der Waals surface area contributed by atoms with Crippen molar-refractivity contribution in [1.29, 1.82) is 0 Å². The number of hydrogen-bond donors (Lipinski definition) is 0. The molecule has 66 valence electrons. The first-order chi connectivity index (χ1) is 6.36. The van der Waals surface area contributed by atoms with Gasteiger partial charge < -0.3 is 4.42 Å². The van der Waals surface area contributed by atoms with Crippen molar-refractivity contribution in [2.75, 3.05) is 0 Å². The molecule has 0 bridgehead atoms. The summed E-state index contributed by atoms with van der Waals surface area (Å²) in [5.74, 6) is 0.141. The van der Waals surface area contributed by atoms with Gasteiger partial charge in [-0.25, -0.2) is 0 Å². The van der Waals surface area contributed by atoms with Gasteiger partial charge in [0.05, 0.1) is 12.5 Å². The van der Waals surface area contributed by atoms with Gasteiger partial charge in [-0.15, -0.1) is 0 Å². The van der Waals surface area contributed by atoms with Gasteiger partial charge in [0.25, 0.3) is 0 Å². The Morgan fingerprint density at radius 1 is 1.46 bits per heavy atom. The fraction of sp³-hybridized carbons (Fsp3) is 0.100. The van der Waals surface area contributed by atoms with Gasteiger partial charge in [0.15, 0.2) is 5.78 Å². The summed E-state index contributed by atoms with van der Waals surface area (Å²) in [4.78, 5) is 11.5. The highest BCUT2D eigenvalue weighted by molar-refractivity contribution is 7.08. The van der Waals surface area contributed by atoms with Crippen molar-refractivity contribution < 1.29 is 9.21 Å². The number of thiophene rings is 1. The van der Waals surface area contributed by atoms with E-state index in [2.05, 4.69) is 0 Å². The van der Waals surface area contributed by atoms with E-state index in [4.69, 9.17) is 4.42 Å². The molecule has 0 aromatic carbocycles. The number of ketones is 1. The lowest BCUT2D eigenvalue weighted by molar-refractivity contribution is 0.0993. The molecule has 13 heavy (non-hydrogen) atoms. The van der Waals surface area contributed by atoms with Crippen LogP contribution in [0.2, 0.25) is 0 Å². The summed E-state index contributed by atoms with van der Waals surface area (Å²) in [7, 11) is 0. The van der Waals surface area contributed by atoms with Crippen molar-refractivity contribution in [1.82, 2.24) is 0 Å². The predicted molar refractivity (Wildman–Crippen MR) is 51.1 cm³/mol. The molecule has 2 rings (SSSR count). The molecule has 2 heterocycles. The number of rotatable bonds is 3. The SMILES string of the molecule is O=C(Cc1ccoc1)c1ccsc1. The molecule has 0 saturated carbocycles. The maximum Gasteiger partial charge on any atom is 0.168 e.